The van der Waals surface area contributed by atoms with Gasteiger partial charge in [0, 0.05) is 24.2 Å². The number of nitrogens with one attached hydrogen (secondary N) is 1. The first-order valence-electron chi connectivity index (χ1n) is 8.10. The Morgan fingerprint density at radius 1 is 1.25 bits per heavy atom. The number of anilines is 1. The molecule has 1 N–H and O–H groups in total. The highest BCUT2D eigenvalue weighted by atomic mass is 32.1. The van der Waals surface area contributed by atoms with E-state index >= 15 is 0 Å². The van der Waals surface area contributed by atoms with E-state index in [9.17, 15) is 4.79 Å². The smallest absolute Gasteiger partial charge is 0.265 e. The van der Waals surface area contributed by atoms with Crippen LogP contribution in [0.2, 0.25) is 0 Å². The summed E-state index contributed by atoms with van der Waals surface area (Å²) in [6, 6.07) is 9.78. The van der Waals surface area contributed by atoms with Crippen LogP contribution >= 0.6 is 11.3 Å². The number of thiophene rings is 1. The predicted molar refractivity (Wildman–Crippen MR) is 95.4 cm³/mol. The number of rotatable bonds is 3. The number of carbonyl (C=O) groups excluding carboxylic acids is 1. The van der Waals surface area contributed by atoms with Crippen molar-refractivity contribution in [1.82, 2.24) is 14.8 Å². The molecule has 1 aliphatic rings. The minimum Gasteiger partial charge on any atom is -0.321 e. The molecule has 0 spiro atoms. The fourth-order valence-electron chi connectivity index (χ4n) is 3.05. The highest BCUT2D eigenvalue weighted by molar-refractivity contribution is 7.12. The zero-order chi connectivity index (χ0) is 16.5. The van der Waals surface area contributed by atoms with E-state index < -0.39 is 0 Å². The molecule has 0 saturated heterocycles. The number of amides is 1. The maximum absolute atomic E-state index is 12.4. The van der Waals surface area contributed by atoms with Gasteiger partial charge in [0.25, 0.3) is 5.91 Å². The van der Waals surface area contributed by atoms with E-state index in [1.807, 2.05) is 42.6 Å². The maximum Gasteiger partial charge on any atom is 0.265 e. The summed E-state index contributed by atoms with van der Waals surface area (Å²) in [4.78, 5) is 13.1. The molecule has 24 heavy (non-hydrogen) atoms. The zero-order valence-corrected chi connectivity index (χ0v) is 14.3. The van der Waals surface area contributed by atoms with Crippen molar-refractivity contribution in [3.05, 3.63) is 52.0 Å². The van der Waals surface area contributed by atoms with E-state index in [0.717, 1.165) is 52.7 Å². The molecule has 0 bridgehead atoms. The lowest BCUT2D eigenvalue weighted by atomic mass is 10.1. The van der Waals surface area contributed by atoms with Crippen molar-refractivity contribution in [1.29, 1.82) is 0 Å². The standard InChI is InChI=1S/C18H18N4OS/c1-12-8-10-24-16(12)18(23)19-14-6-4-5-13(11-14)17-21-20-15-7-2-3-9-22(15)17/h4-6,8,10-11H,2-3,7,9H2,1H3,(H,19,23). The molecule has 2 aromatic heterocycles. The number of aryl methyl sites for hydroxylation is 2. The predicted octanol–water partition coefficient (Wildman–Crippen LogP) is 3.90. The number of carbonyl (C=O) groups is 1. The first kappa shape index (κ1) is 15.1. The van der Waals surface area contributed by atoms with E-state index in [1.165, 1.54) is 17.8 Å². The first-order valence-corrected chi connectivity index (χ1v) is 8.98. The van der Waals surface area contributed by atoms with E-state index in [-0.39, 0.29) is 5.91 Å². The molecule has 1 amide bonds. The van der Waals surface area contributed by atoms with Crippen molar-refractivity contribution >= 4 is 22.9 Å². The lowest BCUT2D eigenvalue weighted by Crippen LogP contribution is -2.12. The van der Waals surface area contributed by atoms with Gasteiger partial charge in [0.05, 0.1) is 4.88 Å². The van der Waals surface area contributed by atoms with Crippen molar-refractivity contribution in [3.8, 4) is 11.4 Å². The number of nitrogens with zero attached hydrogens (tertiary/aromatic N) is 3. The van der Waals surface area contributed by atoms with Gasteiger partial charge < -0.3 is 9.88 Å². The quantitative estimate of drug-likeness (QED) is 0.788. The molecule has 6 heteroatoms. The van der Waals surface area contributed by atoms with Crippen LogP contribution in [0.15, 0.2) is 35.7 Å². The third kappa shape index (κ3) is 2.73. The average molecular weight is 338 g/mol. The van der Waals surface area contributed by atoms with Crippen molar-refractivity contribution in [2.24, 2.45) is 0 Å². The van der Waals surface area contributed by atoms with Gasteiger partial charge in [-0.05, 0) is 48.9 Å². The molecule has 3 aromatic rings. The molecule has 3 heterocycles. The highest BCUT2D eigenvalue weighted by Crippen LogP contribution is 2.26. The summed E-state index contributed by atoms with van der Waals surface area (Å²) in [5, 5.41) is 13.6. The van der Waals surface area contributed by atoms with E-state index in [2.05, 4.69) is 20.1 Å². The molecular weight excluding hydrogens is 320 g/mol. The molecule has 0 unspecified atom stereocenters. The van der Waals surface area contributed by atoms with E-state index in [4.69, 9.17) is 0 Å². The summed E-state index contributed by atoms with van der Waals surface area (Å²) < 4.78 is 2.19. The van der Waals surface area contributed by atoms with Gasteiger partial charge in [-0.1, -0.05) is 12.1 Å². The Morgan fingerprint density at radius 3 is 3.00 bits per heavy atom. The first-order chi connectivity index (χ1) is 11.7. The summed E-state index contributed by atoms with van der Waals surface area (Å²) in [7, 11) is 0. The molecule has 0 saturated carbocycles. The van der Waals surface area contributed by atoms with Crippen LogP contribution in [-0.2, 0) is 13.0 Å². The Hall–Kier alpha value is -2.47. The van der Waals surface area contributed by atoms with Gasteiger partial charge in [-0.25, -0.2) is 0 Å². The Morgan fingerprint density at radius 2 is 2.17 bits per heavy atom. The lowest BCUT2D eigenvalue weighted by Gasteiger charge is -2.15. The third-order valence-electron chi connectivity index (χ3n) is 4.31. The van der Waals surface area contributed by atoms with E-state index in [1.54, 1.807) is 0 Å². The normalized spacial score (nSPS) is 13.5. The van der Waals surface area contributed by atoms with Crippen LogP contribution in [-0.4, -0.2) is 20.7 Å². The molecule has 0 fully saturated rings. The second kappa shape index (κ2) is 6.20. The van der Waals surface area contributed by atoms with Crippen LogP contribution in [0.5, 0.6) is 0 Å². The minimum atomic E-state index is -0.0667. The topological polar surface area (TPSA) is 59.8 Å². The average Bonchev–Trinajstić information content (AvgIpc) is 3.21. The van der Waals surface area contributed by atoms with Gasteiger partial charge in [0.1, 0.15) is 5.82 Å². The lowest BCUT2D eigenvalue weighted by molar-refractivity contribution is 0.103. The molecule has 1 aliphatic heterocycles. The maximum atomic E-state index is 12.4. The second-order valence-electron chi connectivity index (χ2n) is 6.02. The van der Waals surface area contributed by atoms with Crippen LogP contribution in [0.1, 0.15) is 33.9 Å². The SMILES string of the molecule is Cc1ccsc1C(=O)Nc1cccc(-c2nnc3n2CCCC3)c1. The Kier molecular flexibility index (Phi) is 3.90. The van der Waals surface area contributed by atoms with Gasteiger partial charge in [0.2, 0.25) is 0 Å². The van der Waals surface area contributed by atoms with Crippen LogP contribution < -0.4 is 5.32 Å². The van der Waals surface area contributed by atoms with Crippen LogP contribution in [0, 0.1) is 6.92 Å². The highest BCUT2D eigenvalue weighted by Gasteiger charge is 2.17. The largest absolute Gasteiger partial charge is 0.321 e. The van der Waals surface area contributed by atoms with Crippen molar-refractivity contribution in [2.45, 2.75) is 32.7 Å². The fraction of sp³-hybridized carbons (Fsp3) is 0.278. The molecule has 122 valence electrons. The van der Waals surface area contributed by atoms with Crippen molar-refractivity contribution < 1.29 is 4.79 Å². The van der Waals surface area contributed by atoms with Crippen molar-refractivity contribution in [2.75, 3.05) is 5.32 Å². The molecule has 0 atom stereocenters. The van der Waals surface area contributed by atoms with Gasteiger partial charge >= 0.3 is 0 Å². The summed E-state index contributed by atoms with van der Waals surface area (Å²) in [5.41, 5.74) is 2.76. The van der Waals surface area contributed by atoms with Gasteiger partial charge in [-0.2, -0.15) is 0 Å². The Balaban J connectivity index is 1.61. The number of hydrogen-bond donors (Lipinski definition) is 1. The summed E-state index contributed by atoms with van der Waals surface area (Å²) in [6.45, 7) is 2.91. The van der Waals surface area contributed by atoms with Gasteiger partial charge in [-0.3, -0.25) is 4.79 Å². The third-order valence-corrected chi connectivity index (χ3v) is 5.32. The van der Waals surface area contributed by atoms with Crippen LogP contribution in [0.3, 0.4) is 0 Å². The van der Waals surface area contributed by atoms with Gasteiger partial charge in [-0.15, -0.1) is 21.5 Å². The molecule has 4 rings (SSSR count). The van der Waals surface area contributed by atoms with E-state index in [0.29, 0.717) is 0 Å². The zero-order valence-electron chi connectivity index (χ0n) is 13.5. The van der Waals surface area contributed by atoms with Crippen LogP contribution in [0.4, 0.5) is 5.69 Å². The molecular formula is C18H18N4OS. The monoisotopic (exact) mass is 338 g/mol. The summed E-state index contributed by atoms with van der Waals surface area (Å²) in [5.74, 6) is 1.87. The molecule has 0 radical (unpaired) electrons. The molecule has 0 aliphatic carbocycles. The number of hydrogen-bond acceptors (Lipinski definition) is 4. The number of benzene rings is 1. The minimum absolute atomic E-state index is 0.0667. The summed E-state index contributed by atoms with van der Waals surface area (Å²) >= 11 is 1.46. The Bertz CT molecular complexity index is 896. The molecule has 5 nitrogen and oxygen atoms in total. The van der Waals surface area contributed by atoms with Crippen molar-refractivity contribution in [3.63, 3.8) is 0 Å². The summed E-state index contributed by atoms with van der Waals surface area (Å²) in [6.07, 6.45) is 3.32. The second-order valence-corrected chi connectivity index (χ2v) is 6.93. The number of fused-ring (bicyclic) bond motifs is 1. The number of aromatic nitrogens is 3. The van der Waals surface area contributed by atoms with Gasteiger partial charge in [0.15, 0.2) is 5.82 Å². The fourth-order valence-corrected chi connectivity index (χ4v) is 3.87. The molecule has 1 aromatic carbocycles. The Labute approximate surface area is 144 Å². The van der Waals surface area contributed by atoms with Crippen LogP contribution in [0.25, 0.3) is 11.4 Å².